The summed E-state index contributed by atoms with van der Waals surface area (Å²) in [5.41, 5.74) is 0.916. The molecule has 0 unspecified atom stereocenters. The Morgan fingerprint density at radius 2 is 2.09 bits per heavy atom. The van der Waals surface area contributed by atoms with Gasteiger partial charge in [-0.15, -0.1) is 10.2 Å². The number of hydrogen-bond donors (Lipinski definition) is 1. The number of aromatic nitrogens is 2. The van der Waals surface area contributed by atoms with E-state index in [0.717, 1.165) is 0 Å². The van der Waals surface area contributed by atoms with Gasteiger partial charge in [-0.3, -0.25) is 4.40 Å². The molecule has 7 heteroatoms. The van der Waals surface area contributed by atoms with Crippen LogP contribution in [0.15, 0.2) is 58.9 Å². The summed E-state index contributed by atoms with van der Waals surface area (Å²) in [5, 5.41) is 17.4. The third kappa shape index (κ3) is 2.51. The Kier molecular flexibility index (Phi) is 3.53. The first-order valence-electron chi connectivity index (χ1n) is 6.45. The standard InChI is InChI=1S/C15H12N4O3/c1-22-11-6-4-5-10(9-11)17-18-14-13(15(20)21)16-12-7-2-3-8-19(12)14/h2-9H,1H3,(H,20,21). The number of nitrogens with zero attached hydrogens (tertiary/aromatic N) is 4. The van der Waals surface area contributed by atoms with E-state index >= 15 is 0 Å². The van der Waals surface area contributed by atoms with Gasteiger partial charge in [0.05, 0.1) is 12.8 Å². The van der Waals surface area contributed by atoms with E-state index in [2.05, 4.69) is 15.2 Å². The van der Waals surface area contributed by atoms with Gasteiger partial charge in [-0.2, -0.15) is 0 Å². The number of methoxy groups -OCH3 is 1. The summed E-state index contributed by atoms with van der Waals surface area (Å²) in [4.78, 5) is 15.3. The number of aromatic carboxylic acids is 1. The van der Waals surface area contributed by atoms with E-state index in [1.165, 1.54) is 0 Å². The van der Waals surface area contributed by atoms with E-state index < -0.39 is 5.97 Å². The first-order valence-corrected chi connectivity index (χ1v) is 6.45. The van der Waals surface area contributed by atoms with Crippen molar-refractivity contribution in [1.82, 2.24) is 9.38 Å². The Bertz CT molecular complexity index is 870. The number of ether oxygens (including phenoxy) is 1. The van der Waals surface area contributed by atoms with Crippen molar-refractivity contribution in [3.05, 3.63) is 54.4 Å². The van der Waals surface area contributed by atoms with Gasteiger partial charge in [0.2, 0.25) is 0 Å². The van der Waals surface area contributed by atoms with Crippen molar-refractivity contribution in [1.29, 1.82) is 0 Å². The average Bonchev–Trinajstić information content (AvgIpc) is 2.92. The number of azo groups is 1. The SMILES string of the molecule is COc1cccc(N=Nc2c(C(=O)O)nc3ccccn23)c1. The fourth-order valence-electron chi connectivity index (χ4n) is 2.00. The number of pyridine rings is 1. The van der Waals surface area contributed by atoms with Crippen LogP contribution >= 0.6 is 0 Å². The molecular weight excluding hydrogens is 284 g/mol. The molecule has 0 bridgehead atoms. The van der Waals surface area contributed by atoms with Crippen molar-refractivity contribution < 1.29 is 14.6 Å². The average molecular weight is 296 g/mol. The van der Waals surface area contributed by atoms with Gasteiger partial charge < -0.3 is 9.84 Å². The molecule has 2 aromatic heterocycles. The third-order valence-corrected chi connectivity index (χ3v) is 3.02. The summed E-state index contributed by atoms with van der Waals surface area (Å²) >= 11 is 0. The topological polar surface area (TPSA) is 88.5 Å². The van der Waals surface area contributed by atoms with Crippen LogP contribution in [0.3, 0.4) is 0 Å². The summed E-state index contributed by atoms with van der Waals surface area (Å²) in [6.45, 7) is 0. The summed E-state index contributed by atoms with van der Waals surface area (Å²) in [6, 6.07) is 12.3. The Hall–Kier alpha value is -3.22. The molecule has 0 fully saturated rings. The molecule has 3 rings (SSSR count). The molecule has 0 amide bonds. The van der Waals surface area contributed by atoms with E-state index in [1.807, 2.05) is 0 Å². The van der Waals surface area contributed by atoms with Gasteiger partial charge >= 0.3 is 5.97 Å². The number of carboxylic acids is 1. The molecule has 0 saturated heterocycles. The van der Waals surface area contributed by atoms with Gasteiger partial charge in [0.15, 0.2) is 11.5 Å². The fourth-order valence-corrected chi connectivity index (χ4v) is 2.00. The van der Waals surface area contributed by atoms with Crippen LogP contribution in [-0.4, -0.2) is 27.6 Å². The molecule has 0 saturated carbocycles. The minimum Gasteiger partial charge on any atom is -0.497 e. The normalized spacial score (nSPS) is 11.1. The summed E-state index contributed by atoms with van der Waals surface area (Å²) in [7, 11) is 1.56. The quantitative estimate of drug-likeness (QED) is 0.747. The second kappa shape index (κ2) is 5.65. The maximum absolute atomic E-state index is 11.3. The molecule has 22 heavy (non-hydrogen) atoms. The molecule has 1 aromatic carbocycles. The van der Waals surface area contributed by atoms with E-state index in [-0.39, 0.29) is 11.5 Å². The highest BCUT2D eigenvalue weighted by molar-refractivity contribution is 5.91. The molecule has 1 N–H and O–H groups in total. The number of rotatable bonds is 4. The van der Waals surface area contributed by atoms with Crippen LogP contribution < -0.4 is 4.74 Å². The molecule has 0 atom stereocenters. The lowest BCUT2D eigenvalue weighted by Crippen LogP contribution is -1.96. The largest absolute Gasteiger partial charge is 0.497 e. The molecule has 0 aliphatic carbocycles. The van der Waals surface area contributed by atoms with Crippen molar-refractivity contribution in [2.24, 2.45) is 10.2 Å². The highest BCUT2D eigenvalue weighted by Crippen LogP contribution is 2.25. The zero-order valence-corrected chi connectivity index (χ0v) is 11.7. The first kappa shape index (κ1) is 13.7. The number of carbonyl (C=O) groups is 1. The van der Waals surface area contributed by atoms with Gasteiger partial charge in [0.1, 0.15) is 11.4 Å². The van der Waals surface area contributed by atoms with E-state index in [0.29, 0.717) is 17.1 Å². The smallest absolute Gasteiger partial charge is 0.358 e. The van der Waals surface area contributed by atoms with Crippen molar-refractivity contribution in [3.63, 3.8) is 0 Å². The van der Waals surface area contributed by atoms with Gasteiger partial charge in [-0.25, -0.2) is 9.78 Å². The van der Waals surface area contributed by atoms with Gasteiger partial charge in [-0.1, -0.05) is 12.1 Å². The highest BCUT2D eigenvalue weighted by Gasteiger charge is 2.17. The van der Waals surface area contributed by atoms with Crippen molar-refractivity contribution >= 4 is 23.1 Å². The molecule has 0 spiro atoms. The number of benzene rings is 1. The Morgan fingerprint density at radius 1 is 1.23 bits per heavy atom. The summed E-state index contributed by atoms with van der Waals surface area (Å²) < 4.78 is 6.69. The molecule has 0 radical (unpaired) electrons. The Labute approximate surface area is 125 Å². The summed E-state index contributed by atoms with van der Waals surface area (Å²) in [6.07, 6.45) is 1.69. The molecule has 0 aliphatic rings. The summed E-state index contributed by atoms with van der Waals surface area (Å²) in [5.74, 6) is -0.331. The Balaban J connectivity index is 2.07. The maximum Gasteiger partial charge on any atom is 0.358 e. The molecule has 3 aromatic rings. The zero-order valence-electron chi connectivity index (χ0n) is 11.7. The molecule has 0 aliphatic heterocycles. The van der Waals surface area contributed by atoms with Gasteiger partial charge in [-0.05, 0) is 24.3 Å². The predicted octanol–water partition coefficient (Wildman–Crippen LogP) is 3.46. The van der Waals surface area contributed by atoms with E-state index in [1.54, 1.807) is 60.2 Å². The van der Waals surface area contributed by atoms with Crippen LogP contribution in [0.1, 0.15) is 10.5 Å². The lowest BCUT2D eigenvalue weighted by atomic mass is 10.3. The maximum atomic E-state index is 11.3. The molecule has 7 nitrogen and oxygen atoms in total. The van der Waals surface area contributed by atoms with E-state index in [4.69, 9.17) is 4.74 Å². The fraction of sp³-hybridized carbons (Fsp3) is 0.0667. The third-order valence-electron chi connectivity index (χ3n) is 3.02. The van der Waals surface area contributed by atoms with Crippen LogP contribution in [0.2, 0.25) is 0 Å². The second-order valence-corrected chi connectivity index (χ2v) is 4.42. The van der Waals surface area contributed by atoms with Gasteiger partial charge in [0.25, 0.3) is 0 Å². The monoisotopic (exact) mass is 296 g/mol. The second-order valence-electron chi connectivity index (χ2n) is 4.42. The molecule has 110 valence electrons. The van der Waals surface area contributed by atoms with Crippen LogP contribution in [-0.2, 0) is 0 Å². The first-order chi connectivity index (χ1) is 10.7. The number of hydrogen-bond acceptors (Lipinski definition) is 5. The molecule has 2 heterocycles. The number of imidazole rings is 1. The predicted molar refractivity (Wildman–Crippen MR) is 79.3 cm³/mol. The van der Waals surface area contributed by atoms with Crippen LogP contribution in [0, 0.1) is 0 Å². The van der Waals surface area contributed by atoms with Crippen molar-refractivity contribution in [3.8, 4) is 5.75 Å². The van der Waals surface area contributed by atoms with Gasteiger partial charge in [0, 0.05) is 12.3 Å². The minimum absolute atomic E-state index is 0.141. The lowest BCUT2D eigenvalue weighted by Gasteiger charge is -1.99. The van der Waals surface area contributed by atoms with Crippen molar-refractivity contribution in [2.75, 3.05) is 7.11 Å². The zero-order chi connectivity index (χ0) is 15.5. The van der Waals surface area contributed by atoms with E-state index in [9.17, 15) is 9.90 Å². The van der Waals surface area contributed by atoms with Crippen LogP contribution in [0.25, 0.3) is 5.65 Å². The molecular formula is C15H12N4O3. The van der Waals surface area contributed by atoms with Crippen LogP contribution in [0.4, 0.5) is 11.5 Å². The number of fused-ring (bicyclic) bond motifs is 1. The minimum atomic E-state index is -1.15. The highest BCUT2D eigenvalue weighted by atomic mass is 16.5. The number of carboxylic acid groups (broad SMARTS) is 1. The lowest BCUT2D eigenvalue weighted by molar-refractivity contribution is 0.0692. The Morgan fingerprint density at radius 3 is 2.86 bits per heavy atom. The van der Waals surface area contributed by atoms with Crippen LogP contribution in [0.5, 0.6) is 5.75 Å². The van der Waals surface area contributed by atoms with Crippen molar-refractivity contribution in [2.45, 2.75) is 0 Å².